The minimum atomic E-state index is -4.32. The maximum absolute atomic E-state index is 12.5. The molecule has 0 aliphatic rings. The lowest BCUT2D eigenvalue weighted by atomic mass is 10.2. The first-order valence-electron chi connectivity index (χ1n) is 5.61. The molecular formula is C12H12F3N3S. The van der Waals surface area contributed by atoms with Crippen LogP contribution in [0.3, 0.4) is 0 Å². The molecule has 2 heterocycles. The first-order valence-corrected chi connectivity index (χ1v) is 6.42. The first-order chi connectivity index (χ1) is 8.97. The predicted octanol–water partition coefficient (Wildman–Crippen LogP) is 3.24. The van der Waals surface area contributed by atoms with Crippen LogP contribution in [0, 0.1) is 0 Å². The molecule has 0 atom stereocenters. The fourth-order valence-electron chi connectivity index (χ4n) is 1.50. The zero-order valence-corrected chi connectivity index (χ0v) is 11.0. The van der Waals surface area contributed by atoms with Crippen molar-refractivity contribution >= 4 is 16.5 Å². The van der Waals surface area contributed by atoms with Crippen LogP contribution in [0.1, 0.15) is 10.6 Å². The van der Waals surface area contributed by atoms with E-state index in [9.17, 15) is 13.2 Å². The van der Waals surface area contributed by atoms with Crippen molar-refractivity contribution in [3.8, 4) is 0 Å². The molecule has 2 rings (SSSR count). The quantitative estimate of drug-likeness (QED) is 0.864. The van der Waals surface area contributed by atoms with E-state index in [4.69, 9.17) is 0 Å². The zero-order valence-electron chi connectivity index (χ0n) is 10.2. The van der Waals surface area contributed by atoms with Crippen LogP contribution in [0.2, 0.25) is 0 Å². The Hall–Kier alpha value is -1.63. The highest BCUT2D eigenvalue weighted by Crippen LogP contribution is 2.35. The average molecular weight is 287 g/mol. The molecule has 0 amide bonds. The third kappa shape index (κ3) is 3.66. The van der Waals surface area contributed by atoms with Gasteiger partial charge >= 0.3 is 6.18 Å². The highest BCUT2D eigenvalue weighted by molar-refractivity contribution is 7.15. The fourth-order valence-corrected chi connectivity index (χ4v) is 2.27. The molecule has 0 aliphatic heterocycles. The summed E-state index contributed by atoms with van der Waals surface area (Å²) in [5.74, 6) is 0. The summed E-state index contributed by atoms with van der Waals surface area (Å²) in [5.41, 5.74) is 0.905. The third-order valence-corrected chi connectivity index (χ3v) is 3.69. The molecule has 0 unspecified atom stereocenters. The maximum Gasteiger partial charge on any atom is 0.427 e. The van der Waals surface area contributed by atoms with Crippen molar-refractivity contribution in [1.82, 2.24) is 9.97 Å². The summed E-state index contributed by atoms with van der Waals surface area (Å²) in [6.07, 6.45) is -1.09. The van der Waals surface area contributed by atoms with Crippen molar-refractivity contribution < 1.29 is 13.2 Å². The number of halogens is 3. The Morgan fingerprint density at radius 3 is 2.63 bits per heavy atom. The van der Waals surface area contributed by atoms with E-state index >= 15 is 0 Å². The number of rotatable bonds is 4. The second kappa shape index (κ2) is 5.56. The number of aromatic nitrogens is 2. The number of hydrogen-bond donors (Lipinski definition) is 0. The smallest absolute Gasteiger partial charge is 0.351 e. The summed E-state index contributed by atoms with van der Waals surface area (Å²) in [4.78, 5) is 8.99. The maximum atomic E-state index is 12.5. The summed E-state index contributed by atoms with van der Waals surface area (Å²) in [7, 11) is 1.72. The summed E-state index contributed by atoms with van der Waals surface area (Å²) >= 11 is 0.652. The summed E-state index contributed by atoms with van der Waals surface area (Å²) in [5, 5.41) is 0.364. The van der Waals surface area contributed by atoms with Gasteiger partial charge in [0, 0.05) is 31.9 Å². The van der Waals surface area contributed by atoms with E-state index < -0.39 is 11.1 Å². The Morgan fingerprint density at radius 1 is 1.26 bits per heavy atom. The molecule has 7 heteroatoms. The third-order valence-electron chi connectivity index (χ3n) is 2.53. The van der Waals surface area contributed by atoms with Crippen LogP contribution in [0.5, 0.6) is 0 Å². The van der Waals surface area contributed by atoms with Gasteiger partial charge in [-0.05, 0) is 12.1 Å². The van der Waals surface area contributed by atoms with Crippen LogP contribution >= 0.6 is 11.3 Å². The lowest BCUT2D eigenvalue weighted by Gasteiger charge is -2.15. The van der Waals surface area contributed by atoms with Gasteiger partial charge in [0.05, 0.1) is 6.20 Å². The van der Waals surface area contributed by atoms with E-state index in [-0.39, 0.29) is 0 Å². The van der Waals surface area contributed by atoms with Gasteiger partial charge in [0.25, 0.3) is 0 Å². The van der Waals surface area contributed by atoms with Crippen LogP contribution in [0.15, 0.2) is 30.6 Å². The normalized spacial score (nSPS) is 11.6. The molecule has 0 N–H and O–H groups in total. The zero-order chi connectivity index (χ0) is 13.9. The lowest BCUT2D eigenvalue weighted by Crippen LogP contribution is -2.20. The molecule has 0 spiro atoms. The van der Waals surface area contributed by atoms with Crippen LogP contribution < -0.4 is 4.90 Å². The molecule has 0 aromatic carbocycles. The van der Waals surface area contributed by atoms with Crippen LogP contribution in [-0.2, 0) is 12.6 Å². The predicted molar refractivity (Wildman–Crippen MR) is 68.3 cm³/mol. The standard InChI is InChI=1S/C12H12F3N3S/c1-18(7-5-9-4-2-3-6-16-9)11-17-8-10(19-11)12(13,14)15/h2-4,6,8H,5,7H2,1H3. The number of nitrogens with zero attached hydrogens (tertiary/aromatic N) is 3. The Labute approximate surface area is 112 Å². The minimum absolute atomic E-state index is 0.364. The van der Waals surface area contributed by atoms with Gasteiger partial charge in [0.2, 0.25) is 0 Å². The van der Waals surface area contributed by atoms with E-state index in [1.807, 2.05) is 18.2 Å². The van der Waals surface area contributed by atoms with Crippen molar-refractivity contribution in [2.24, 2.45) is 0 Å². The van der Waals surface area contributed by atoms with E-state index in [0.717, 1.165) is 11.9 Å². The summed E-state index contributed by atoms with van der Waals surface area (Å²) in [6.45, 7) is 0.571. The number of thiazole rings is 1. The Bertz CT molecular complexity index is 525. The Morgan fingerprint density at radius 2 is 2.05 bits per heavy atom. The molecule has 2 aromatic heterocycles. The summed E-state index contributed by atoms with van der Waals surface area (Å²) < 4.78 is 37.4. The number of likely N-dealkylation sites (N-methyl/N-ethyl adjacent to an activating group) is 1. The van der Waals surface area contributed by atoms with E-state index in [2.05, 4.69) is 9.97 Å². The second-order valence-corrected chi connectivity index (χ2v) is 5.01. The molecule has 2 aromatic rings. The van der Waals surface area contributed by atoms with Gasteiger partial charge in [-0.1, -0.05) is 17.4 Å². The molecule has 0 bridgehead atoms. The van der Waals surface area contributed by atoms with Crippen molar-refractivity contribution in [2.75, 3.05) is 18.5 Å². The number of pyridine rings is 1. The minimum Gasteiger partial charge on any atom is -0.351 e. The van der Waals surface area contributed by atoms with Crippen LogP contribution in [-0.4, -0.2) is 23.6 Å². The van der Waals surface area contributed by atoms with Gasteiger partial charge in [0.15, 0.2) is 5.13 Å². The van der Waals surface area contributed by atoms with Gasteiger partial charge < -0.3 is 4.90 Å². The van der Waals surface area contributed by atoms with Gasteiger partial charge in [-0.15, -0.1) is 0 Å². The molecule has 102 valence electrons. The van der Waals surface area contributed by atoms with Crippen molar-refractivity contribution in [3.05, 3.63) is 41.2 Å². The number of anilines is 1. The van der Waals surface area contributed by atoms with E-state index in [0.29, 0.717) is 29.4 Å². The molecule has 0 fully saturated rings. The molecule has 19 heavy (non-hydrogen) atoms. The molecule has 0 aliphatic carbocycles. The van der Waals surface area contributed by atoms with Gasteiger partial charge in [-0.3, -0.25) is 4.98 Å². The van der Waals surface area contributed by atoms with Gasteiger partial charge in [0.1, 0.15) is 4.88 Å². The van der Waals surface area contributed by atoms with E-state index in [1.54, 1.807) is 18.1 Å². The van der Waals surface area contributed by atoms with Gasteiger partial charge in [-0.2, -0.15) is 13.2 Å². The SMILES string of the molecule is CN(CCc1ccccn1)c1ncc(C(F)(F)F)s1. The van der Waals surface area contributed by atoms with E-state index in [1.165, 1.54) is 0 Å². The first kappa shape index (κ1) is 13.8. The highest BCUT2D eigenvalue weighted by atomic mass is 32.1. The second-order valence-electron chi connectivity index (χ2n) is 4.00. The topological polar surface area (TPSA) is 29.0 Å². The Balaban J connectivity index is 1.97. The van der Waals surface area contributed by atoms with Crippen molar-refractivity contribution in [1.29, 1.82) is 0 Å². The lowest BCUT2D eigenvalue weighted by molar-refractivity contribution is -0.134. The number of alkyl halides is 3. The van der Waals surface area contributed by atoms with Crippen molar-refractivity contribution in [3.63, 3.8) is 0 Å². The average Bonchev–Trinajstić information content (AvgIpc) is 2.87. The summed E-state index contributed by atoms with van der Waals surface area (Å²) in [6, 6.07) is 5.59. The van der Waals surface area contributed by atoms with Crippen LogP contribution in [0.25, 0.3) is 0 Å². The molecule has 0 saturated heterocycles. The molecular weight excluding hydrogens is 275 g/mol. The fraction of sp³-hybridized carbons (Fsp3) is 0.333. The molecule has 0 saturated carbocycles. The Kier molecular flexibility index (Phi) is 4.04. The number of hydrogen-bond acceptors (Lipinski definition) is 4. The van der Waals surface area contributed by atoms with Crippen molar-refractivity contribution in [2.45, 2.75) is 12.6 Å². The van der Waals surface area contributed by atoms with Gasteiger partial charge in [-0.25, -0.2) is 4.98 Å². The highest BCUT2D eigenvalue weighted by Gasteiger charge is 2.33. The molecule has 3 nitrogen and oxygen atoms in total. The largest absolute Gasteiger partial charge is 0.427 e. The van der Waals surface area contributed by atoms with Crippen LogP contribution in [0.4, 0.5) is 18.3 Å². The monoisotopic (exact) mass is 287 g/mol. The molecule has 0 radical (unpaired) electrons.